The molecule has 148 valence electrons. The van der Waals surface area contributed by atoms with Crippen molar-refractivity contribution in [2.75, 3.05) is 37.6 Å². The summed E-state index contributed by atoms with van der Waals surface area (Å²) in [6, 6.07) is 3.84. The lowest BCUT2D eigenvalue weighted by atomic mass is 9.97. The molecule has 2 fully saturated rings. The molecule has 2 aromatic heterocycles. The first-order valence-corrected chi connectivity index (χ1v) is 10.7. The Balaban J connectivity index is 1.17. The molecular weight excluding hydrogens is 352 g/mol. The minimum Gasteiger partial charge on any atom is -0.354 e. The Labute approximate surface area is 165 Å². The van der Waals surface area contributed by atoms with Crippen LogP contribution in [0.2, 0.25) is 0 Å². The van der Waals surface area contributed by atoms with Gasteiger partial charge in [0.25, 0.3) is 5.56 Å². The van der Waals surface area contributed by atoms with E-state index in [0.717, 1.165) is 68.5 Å². The summed E-state index contributed by atoms with van der Waals surface area (Å²) in [5.41, 5.74) is 2.34. The van der Waals surface area contributed by atoms with Gasteiger partial charge in [0.2, 0.25) is 0 Å². The van der Waals surface area contributed by atoms with Crippen LogP contribution < -0.4 is 10.5 Å². The van der Waals surface area contributed by atoms with E-state index >= 15 is 0 Å². The highest BCUT2D eigenvalue weighted by Gasteiger charge is 2.27. The van der Waals surface area contributed by atoms with Crippen molar-refractivity contribution in [3.8, 4) is 0 Å². The number of anilines is 1. The minimum absolute atomic E-state index is 0.0490. The third kappa shape index (κ3) is 3.81. The van der Waals surface area contributed by atoms with Gasteiger partial charge in [-0.25, -0.2) is 14.6 Å². The number of piperazine rings is 1. The van der Waals surface area contributed by atoms with Crippen molar-refractivity contribution in [2.24, 2.45) is 0 Å². The maximum atomic E-state index is 12.4. The molecule has 7 heteroatoms. The average molecular weight is 380 g/mol. The van der Waals surface area contributed by atoms with Gasteiger partial charge in [0.05, 0.1) is 12.2 Å². The van der Waals surface area contributed by atoms with Gasteiger partial charge in [0.15, 0.2) is 0 Å². The molecule has 1 aliphatic heterocycles. The van der Waals surface area contributed by atoms with Crippen LogP contribution in [0.4, 0.5) is 5.82 Å². The molecule has 0 N–H and O–H groups in total. The summed E-state index contributed by atoms with van der Waals surface area (Å²) < 4.78 is 1.67. The van der Waals surface area contributed by atoms with Gasteiger partial charge < -0.3 is 4.90 Å². The molecule has 1 saturated carbocycles. The Morgan fingerprint density at radius 1 is 1.04 bits per heavy atom. The van der Waals surface area contributed by atoms with Crippen molar-refractivity contribution >= 4 is 5.82 Å². The monoisotopic (exact) mass is 380 g/mol. The van der Waals surface area contributed by atoms with Gasteiger partial charge in [-0.1, -0.05) is 0 Å². The highest BCUT2D eigenvalue weighted by atomic mass is 16.1. The fourth-order valence-electron chi connectivity index (χ4n) is 4.28. The van der Waals surface area contributed by atoms with Gasteiger partial charge in [0.1, 0.15) is 11.6 Å². The van der Waals surface area contributed by atoms with E-state index in [-0.39, 0.29) is 5.56 Å². The molecule has 3 heterocycles. The number of nitrogens with zero attached hydrogens (tertiary/aromatic N) is 6. The van der Waals surface area contributed by atoms with Crippen LogP contribution in [-0.2, 0) is 19.4 Å². The third-order valence-corrected chi connectivity index (χ3v) is 6.20. The fourth-order valence-corrected chi connectivity index (χ4v) is 4.28. The first kappa shape index (κ1) is 17.8. The Bertz CT molecular complexity index is 898. The van der Waals surface area contributed by atoms with Crippen LogP contribution in [0.3, 0.4) is 0 Å². The van der Waals surface area contributed by atoms with Gasteiger partial charge >= 0.3 is 0 Å². The topological polar surface area (TPSA) is 67.2 Å². The maximum absolute atomic E-state index is 12.4. The van der Waals surface area contributed by atoms with Crippen LogP contribution >= 0.6 is 0 Å². The summed E-state index contributed by atoms with van der Waals surface area (Å²) in [4.78, 5) is 26.3. The second-order valence-corrected chi connectivity index (χ2v) is 8.26. The molecule has 5 rings (SSSR count). The summed E-state index contributed by atoms with van der Waals surface area (Å²) in [6.07, 6.45) is 8.74. The maximum Gasteiger partial charge on any atom is 0.267 e. The summed E-state index contributed by atoms with van der Waals surface area (Å²) >= 11 is 0. The predicted octanol–water partition coefficient (Wildman–Crippen LogP) is 1.61. The molecule has 0 amide bonds. The molecule has 1 saturated heterocycles. The van der Waals surface area contributed by atoms with Crippen LogP contribution in [0.15, 0.2) is 23.1 Å². The SMILES string of the molecule is O=c1cc2c(nn1CCN1CCN(c3ccnc(C4CC4)n3)CC1)CCCC2. The van der Waals surface area contributed by atoms with Crippen LogP contribution in [0.1, 0.15) is 48.7 Å². The van der Waals surface area contributed by atoms with Gasteiger partial charge in [0, 0.05) is 50.9 Å². The second kappa shape index (κ2) is 7.62. The minimum atomic E-state index is 0.0490. The molecular formula is C21H28N6O. The number of hydrogen-bond donors (Lipinski definition) is 0. The quantitative estimate of drug-likeness (QED) is 0.785. The van der Waals surface area contributed by atoms with Crippen molar-refractivity contribution in [1.29, 1.82) is 0 Å². The highest BCUT2D eigenvalue weighted by Crippen LogP contribution is 2.38. The number of hydrogen-bond acceptors (Lipinski definition) is 6. The first-order valence-electron chi connectivity index (χ1n) is 10.7. The van der Waals surface area contributed by atoms with E-state index in [9.17, 15) is 4.79 Å². The lowest BCUT2D eigenvalue weighted by Gasteiger charge is -2.35. The molecule has 0 unspecified atom stereocenters. The summed E-state index contributed by atoms with van der Waals surface area (Å²) in [6.45, 7) is 5.45. The number of aryl methyl sites for hydroxylation is 2. The molecule has 28 heavy (non-hydrogen) atoms. The molecule has 0 spiro atoms. The zero-order valence-corrected chi connectivity index (χ0v) is 16.4. The molecule has 0 aromatic carbocycles. The fraction of sp³-hybridized carbons (Fsp3) is 0.619. The molecule has 0 bridgehead atoms. The van der Waals surface area contributed by atoms with Gasteiger partial charge in [-0.15, -0.1) is 0 Å². The zero-order chi connectivity index (χ0) is 18.9. The molecule has 3 aliphatic rings. The Morgan fingerprint density at radius 2 is 1.86 bits per heavy atom. The van der Waals surface area contributed by atoms with Crippen LogP contribution in [-0.4, -0.2) is 57.4 Å². The molecule has 0 atom stereocenters. The summed E-state index contributed by atoms with van der Waals surface area (Å²) in [5, 5.41) is 4.64. The first-order chi connectivity index (χ1) is 13.8. The Hall–Kier alpha value is -2.28. The number of fused-ring (bicyclic) bond motifs is 1. The van der Waals surface area contributed by atoms with E-state index in [2.05, 4.69) is 19.9 Å². The van der Waals surface area contributed by atoms with Crippen molar-refractivity contribution in [3.05, 3.63) is 45.8 Å². The lowest BCUT2D eigenvalue weighted by molar-refractivity contribution is 0.241. The van der Waals surface area contributed by atoms with E-state index in [1.165, 1.54) is 25.7 Å². The van der Waals surface area contributed by atoms with E-state index < -0.39 is 0 Å². The van der Waals surface area contributed by atoms with Crippen LogP contribution in [0.5, 0.6) is 0 Å². The van der Waals surface area contributed by atoms with Crippen molar-refractivity contribution in [1.82, 2.24) is 24.6 Å². The highest BCUT2D eigenvalue weighted by molar-refractivity contribution is 5.38. The van der Waals surface area contributed by atoms with Crippen LogP contribution in [0, 0.1) is 0 Å². The molecule has 2 aliphatic carbocycles. The Kier molecular flexibility index (Phi) is 4.84. The van der Waals surface area contributed by atoms with E-state index in [0.29, 0.717) is 12.5 Å². The standard InChI is InChI=1S/C21H28N6O/c28-20-15-17-3-1-2-4-18(17)24-27(20)14-11-25-9-12-26(13-10-25)19-7-8-22-21(23-19)16-5-6-16/h7-8,15-16H,1-6,9-14H2. The number of rotatable bonds is 5. The average Bonchev–Trinajstić information content (AvgIpc) is 3.58. The largest absolute Gasteiger partial charge is 0.354 e. The summed E-state index contributed by atoms with van der Waals surface area (Å²) in [5.74, 6) is 2.66. The zero-order valence-electron chi connectivity index (χ0n) is 16.4. The molecule has 2 aromatic rings. The summed E-state index contributed by atoms with van der Waals surface area (Å²) in [7, 11) is 0. The third-order valence-electron chi connectivity index (χ3n) is 6.20. The van der Waals surface area contributed by atoms with Gasteiger partial charge in [-0.2, -0.15) is 5.10 Å². The number of aromatic nitrogens is 4. The molecule has 0 radical (unpaired) electrons. The van der Waals surface area contributed by atoms with Crippen molar-refractivity contribution in [3.63, 3.8) is 0 Å². The van der Waals surface area contributed by atoms with Gasteiger partial charge in [-0.05, 0) is 50.2 Å². The van der Waals surface area contributed by atoms with E-state index in [4.69, 9.17) is 4.98 Å². The van der Waals surface area contributed by atoms with Gasteiger partial charge in [-0.3, -0.25) is 9.69 Å². The van der Waals surface area contributed by atoms with Crippen LogP contribution in [0.25, 0.3) is 0 Å². The van der Waals surface area contributed by atoms with Crippen molar-refractivity contribution in [2.45, 2.75) is 51.0 Å². The predicted molar refractivity (Wildman–Crippen MR) is 108 cm³/mol. The van der Waals surface area contributed by atoms with Crippen molar-refractivity contribution < 1.29 is 0 Å². The smallest absolute Gasteiger partial charge is 0.267 e. The Morgan fingerprint density at radius 3 is 2.68 bits per heavy atom. The van der Waals surface area contributed by atoms with E-state index in [1.807, 2.05) is 18.3 Å². The van der Waals surface area contributed by atoms with E-state index in [1.54, 1.807) is 4.68 Å². The molecule has 7 nitrogen and oxygen atoms in total. The second-order valence-electron chi connectivity index (χ2n) is 8.26. The normalized spacial score (nSPS) is 20.2. The lowest BCUT2D eigenvalue weighted by Crippen LogP contribution is -2.48.